The molecule has 0 aliphatic rings. The summed E-state index contributed by atoms with van der Waals surface area (Å²) in [5.74, 6) is 2.20. The van der Waals surface area contributed by atoms with Crippen molar-refractivity contribution in [2.45, 2.75) is 32.6 Å². The fourth-order valence-corrected chi connectivity index (χ4v) is 2.24. The van der Waals surface area contributed by atoms with Crippen LogP contribution in [0.5, 0.6) is 0 Å². The molecule has 2 aromatic rings. The Balaban J connectivity index is 2.56. The van der Waals surface area contributed by atoms with Crippen LogP contribution in [0.1, 0.15) is 31.1 Å². The second-order valence-electron chi connectivity index (χ2n) is 3.97. The van der Waals surface area contributed by atoms with Crippen LogP contribution in [-0.4, -0.2) is 14.8 Å². The summed E-state index contributed by atoms with van der Waals surface area (Å²) in [5.41, 5.74) is 1.92. The van der Waals surface area contributed by atoms with Crippen LogP contribution in [0.2, 0.25) is 5.02 Å². The SMILES string of the molecule is CCc1nc(CC)n(-c2ccc(Cl)cc2CCl)n1. The molecule has 0 fully saturated rings. The normalized spacial score (nSPS) is 10.9. The van der Waals surface area contributed by atoms with Crippen molar-refractivity contribution in [2.24, 2.45) is 0 Å². The standard InChI is InChI=1S/C13H15Cl2N3/c1-3-12-16-13(4-2)18(17-12)11-6-5-10(15)7-9(11)8-14/h5-7H,3-4,8H2,1-2H3. The van der Waals surface area contributed by atoms with E-state index >= 15 is 0 Å². The van der Waals surface area contributed by atoms with Crippen molar-refractivity contribution < 1.29 is 0 Å². The lowest BCUT2D eigenvalue weighted by atomic mass is 10.2. The summed E-state index contributed by atoms with van der Waals surface area (Å²) in [6.07, 6.45) is 1.65. The molecule has 96 valence electrons. The Morgan fingerprint density at radius 1 is 1.22 bits per heavy atom. The van der Waals surface area contributed by atoms with E-state index in [9.17, 15) is 0 Å². The fourth-order valence-electron chi connectivity index (χ4n) is 1.83. The fraction of sp³-hybridized carbons (Fsp3) is 0.385. The Labute approximate surface area is 117 Å². The van der Waals surface area contributed by atoms with E-state index in [4.69, 9.17) is 23.2 Å². The van der Waals surface area contributed by atoms with Gasteiger partial charge in [0.25, 0.3) is 0 Å². The van der Waals surface area contributed by atoms with Crippen LogP contribution < -0.4 is 0 Å². The third-order valence-electron chi connectivity index (χ3n) is 2.76. The first kappa shape index (κ1) is 13.4. The Bertz CT molecular complexity index is 549. The molecule has 0 aliphatic heterocycles. The highest BCUT2D eigenvalue weighted by atomic mass is 35.5. The van der Waals surface area contributed by atoms with E-state index < -0.39 is 0 Å². The summed E-state index contributed by atoms with van der Waals surface area (Å²) < 4.78 is 1.87. The van der Waals surface area contributed by atoms with Crippen molar-refractivity contribution in [1.29, 1.82) is 0 Å². The van der Waals surface area contributed by atoms with Crippen LogP contribution in [0.25, 0.3) is 5.69 Å². The summed E-state index contributed by atoms with van der Waals surface area (Å²) in [6, 6.07) is 5.66. The van der Waals surface area contributed by atoms with Crippen molar-refractivity contribution in [3.05, 3.63) is 40.4 Å². The highest BCUT2D eigenvalue weighted by molar-refractivity contribution is 6.30. The number of nitrogens with zero attached hydrogens (tertiary/aromatic N) is 3. The Morgan fingerprint density at radius 3 is 2.61 bits per heavy atom. The van der Waals surface area contributed by atoms with Crippen LogP contribution in [0.4, 0.5) is 0 Å². The van der Waals surface area contributed by atoms with Gasteiger partial charge in [0.15, 0.2) is 5.82 Å². The molecule has 0 bridgehead atoms. The number of rotatable bonds is 4. The van der Waals surface area contributed by atoms with Gasteiger partial charge in [-0.2, -0.15) is 5.10 Å². The zero-order chi connectivity index (χ0) is 13.1. The molecule has 18 heavy (non-hydrogen) atoms. The molecule has 0 aliphatic carbocycles. The number of benzene rings is 1. The van der Waals surface area contributed by atoms with Gasteiger partial charge in [-0.1, -0.05) is 25.4 Å². The quantitative estimate of drug-likeness (QED) is 0.800. The third kappa shape index (κ3) is 2.52. The number of alkyl halides is 1. The van der Waals surface area contributed by atoms with Gasteiger partial charge in [-0.15, -0.1) is 11.6 Å². The van der Waals surface area contributed by atoms with Crippen molar-refractivity contribution in [3.63, 3.8) is 0 Å². The number of halogens is 2. The molecule has 0 radical (unpaired) electrons. The van der Waals surface area contributed by atoms with E-state index in [1.54, 1.807) is 0 Å². The maximum Gasteiger partial charge on any atom is 0.151 e. The molecule has 1 aromatic heterocycles. The summed E-state index contributed by atoms with van der Waals surface area (Å²) in [6.45, 7) is 4.11. The molecule has 2 rings (SSSR count). The molecule has 0 N–H and O–H groups in total. The van der Waals surface area contributed by atoms with Gasteiger partial charge in [0.2, 0.25) is 0 Å². The van der Waals surface area contributed by atoms with Crippen LogP contribution >= 0.6 is 23.2 Å². The Morgan fingerprint density at radius 2 is 2.00 bits per heavy atom. The minimum atomic E-state index is 0.403. The molecule has 0 spiro atoms. The summed E-state index contributed by atoms with van der Waals surface area (Å²) in [4.78, 5) is 4.50. The van der Waals surface area contributed by atoms with Crippen LogP contribution in [0.3, 0.4) is 0 Å². The molecule has 5 heteroatoms. The summed E-state index contributed by atoms with van der Waals surface area (Å²) in [5, 5.41) is 5.20. The van der Waals surface area contributed by atoms with Gasteiger partial charge in [-0.05, 0) is 23.8 Å². The molecule has 0 unspecified atom stereocenters. The molecule has 0 atom stereocenters. The average molecular weight is 284 g/mol. The van der Waals surface area contributed by atoms with Crippen molar-refractivity contribution in [3.8, 4) is 5.69 Å². The molecule has 0 amide bonds. The zero-order valence-electron chi connectivity index (χ0n) is 10.5. The number of aryl methyl sites for hydroxylation is 2. The molecule has 0 saturated carbocycles. The van der Waals surface area contributed by atoms with Gasteiger partial charge >= 0.3 is 0 Å². The smallest absolute Gasteiger partial charge is 0.151 e. The van der Waals surface area contributed by atoms with E-state index in [0.717, 1.165) is 35.7 Å². The zero-order valence-corrected chi connectivity index (χ0v) is 12.0. The predicted molar refractivity (Wildman–Crippen MR) is 74.7 cm³/mol. The van der Waals surface area contributed by atoms with Crippen LogP contribution in [0.15, 0.2) is 18.2 Å². The van der Waals surface area contributed by atoms with Crippen molar-refractivity contribution in [2.75, 3.05) is 0 Å². The first-order chi connectivity index (χ1) is 8.69. The minimum Gasteiger partial charge on any atom is -0.217 e. The molecule has 3 nitrogen and oxygen atoms in total. The second kappa shape index (κ2) is 5.72. The first-order valence-corrected chi connectivity index (χ1v) is 6.90. The van der Waals surface area contributed by atoms with Gasteiger partial charge in [-0.3, -0.25) is 0 Å². The average Bonchev–Trinajstić information content (AvgIpc) is 2.81. The number of hydrogen-bond acceptors (Lipinski definition) is 2. The third-order valence-corrected chi connectivity index (χ3v) is 3.29. The monoisotopic (exact) mass is 283 g/mol. The number of hydrogen-bond donors (Lipinski definition) is 0. The molecular weight excluding hydrogens is 269 g/mol. The maximum atomic E-state index is 5.99. The number of aromatic nitrogens is 3. The minimum absolute atomic E-state index is 0.403. The highest BCUT2D eigenvalue weighted by Crippen LogP contribution is 2.22. The highest BCUT2D eigenvalue weighted by Gasteiger charge is 2.12. The lowest BCUT2D eigenvalue weighted by Gasteiger charge is -2.09. The van der Waals surface area contributed by atoms with Gasteiger partial charge in [-0.25, -0.2) is 9.67 Å². The van der Waals surface area contributed by atoms with E-state index in [1.165, 1.54) is 0 Å². The van der Waals surface area contributed by atoms with E-state index in [-0.39, 0.29) is 0 Å². The lowest BCUT2D eigenvalue weighted by Crippen LogP contribution is -2.05. The Kier molecular flexibility index (Phi) is 4.25. The summed E-state index contributed by atoms with van der Waals surface area (Å²) in [7, 11) is 0. The lowest BCUT2D eigenvalue weighted by molar-refractivity contribution is 0.785. The molecule has 1 aromatic carbocycles. The maximum absolute atomic E-state index is 5.99. The van der Waals surface area contributed by atoms with Gasteiger partial charge in [0.1, 0.15) is 5.82 Å². The first-order valence-electron chi connectivity index (χ1n) is 5.99. The largest absolute Gasteiger partial charge is 0.217 e. The van der Waals surface area contributed by atoms with Crippen LogP contribution in [0, 0.1) is 0 Å². The van der Waals surface area contributed by atoms with E-state index in [1.807, 2.05) is 29.8 Å². The second-order valence-corrected chi connectivity index (χ2v) is 4.67. The van der Waals surface area contributed by atoms with Gasteiger partial charge in [0, 0.05) is 23.7 Å². The van der Waals surface area contributed by atoms with E-state index in [0.29, 0.717) is 10.9 Å². The van der Waals surface area contributed by atoms with Gasteiger partial charge < -0.3 is 0 Å². The van der Waals surface area contributed by atoms with E-state index in [2.05, 4.69) is 17.0 Å². The summed E-state index contributed by atoms with van der Waals surface area (Å²) >= 11 is 12.0. The van der Waals surface area contributed by atoms with Crippen molar-refractivity contribution in [1.82, 2.24) is 14.8 Å². The van der Waals surface area contributed by atoms with Gasteiger partial charge in [0.05, 0.1) is 5.69 Å². The Hall–Kier alpha value is -1.06. The molecular formula is C13H15Cl2N3. The molecule has 0 saturated heterocycles. The van der Waals surface area contributed by atoms with Crippen molar-refractivity contribution >= 4 is 23.2 Å². The predicted octanol–water partition coefficient (Wildman–Crippen LogP) is 3.78. The topological polar surface area (TPSA) is 30.7 Å². The molecule has 1 heterocycles. The van der Waals surface area contributed by atoms with Crippen LogP contribution in [-0.2, 0) is 18.7 Å².